The van der Waals surface area contributed by atoms with E-state index in [1.807, 2.05) is 6.92 Å². The number of rotatable bonds is 6. The van der Waals surface area contributed by atoms with Crippen LogP contribution in [0.15, 0.2) is 23.1 Å². The number of sulfonamides is 1. The van der Waals surface area contributed by atoms with E-state index in [-0.39, 0.29) is 17.3 Å². The number of benzene rings is 1. The minimum Gasteiger partial charge on any atom is -0.486 e. The molecule has 1 heterocycles. The Morgan fingerprint density at radius 1 is 1.33 bits per heavy atom. The molecular weight excluding hydrogens is 294 g/mol. The van der Waals surface area contributed by atoms with Gasteiger partial charge < -0.3 is 15.2 Å². The third kappa shape index (κ3) is 3.45. The van der Waals surface area contributed by atoms with Gasteiger partial charge in [0, 0.05) is 12.6 Å². The maximum Gasteiger partial charge on any atom is 0.243 e. The predicted octanol–water partition coefficient (Wildman–Crippen LogP) is 0.794. The first kappa shape index (κ1) is 15.6. The lowest BCUT2D eigenvalue weighted by Crippen LogP contribution is -2.38. The van der Waals surface area contributed by atoms with Crippen LogP contribution in [-0.4, -0.2) is 44.9 Å². The molecule has 8 heteroatoms. The van der Waals surface area contributed by atoms with Gasteiger partial charge in [-0.1, -0.05) is 6.92 Å². The van der Waals surface area contributed by atoms with E-state index >= 15 is 0 Å². The molecule has 2 rings (SSSR count). The minimum absolute atomic E-state index is 0.112. The van der Waals surface area contributed by atoms with Crippen LogP contribution in [0.4, 0.5) is 0 Å². The van der Waals surface area contributed by atoms with Crippen LogP contribution < -0.4 is 15.2 Å². The van der Waals surface area contributed by atoms with E-state index in [0.717, 1.165) is 0 Å². The van der Waals surface area contributed by atoms with Crippen molar-refractivity contribution >= 4 is 15.9 Å². The second-order valence-corrected chi connectivity index (χ2v) is 6.61. The van der Waals surface area contributed by atoms with Crippen molar-refractivity contribution in [2.45, 2.75) is 18.2 Å². The van der Waals surface area contributed by atoms with Crippen LogP contribution in [0.2, 0.25) is 0 Å². The highest BCUT2D eigenvalue weighted by atomic mass is 32.2. The molecule has 1 aliphatic rings. The van der Waals surface area contributed by atoms with Gasteiger partial charge in [0.05, 0.1) is 11.4 Å². The summed E-state index contributed by atoms with van der Waals surface area (Å²) in [5.74, 6) is 0.764. The number of hydrogen-bond acceptors (Lipinski definition) is 5. The van der Waals surface area contributed by atoms with Crippen LogP contribution in [-0.2, 0) is 10.0 Å². The van der Waals surface area contributed by atoms with Gasteiger partial charge in [-0.05, 0) is 18.6 Å². The molecule has 1 aromatic rings. The summed E-state index contributed by atoms with van der Waals surface area (Å²) in [5.41, 5.74) is 5.34. The highest BCUT2D eigenvalue weighted by Gasteiger charge is 2.26. The number of nitrogens with one attached hydrogen (secondary N) is 1. The molecule has 116 valence electrons. The number of nitrogens with zero attached hydrogens (tertiary/aromatic N) is 1. The van der Waals surface area contributed by atoms with E-state index < -0.39 is 10.0 Å². The van der Waals surface area contributed by atoms with Crippen LogP contribution in [0.1, 0.15) is 13.3 Å². The molecule has 0 amide bonds. The third-order valence-corrected chi connectivity index (χ3v) is 4.81. The molecule has 7 nitrogen and oxygen atoms in total. The van der Waals surface area contributed by atoms with Crippen LogP contribution in [0.3, 0.4) is 0 Å². The van der Waals surface area contributed by atoms with Crippen molar-refractivity contribution in [1.82, 2.24) is 4.31 Å². The van der Waals surface area contributed by atoms with Gasteiger partial charge in [0.15, 0.2) is 11.5 Å². The minimum atomic E-state index is -3.71. The summed E-state index contributed by atoms with van der Waals surface area (Å²) in [6, 6.07) is 4.51. The van der Waals surface area contributed by atoms with Gasteiger partial charge in [-0.3, -0.25) is 5.41 Å². The van der Waals surface area contributed by atoms with Crippen LogP contribution in [0.5, 0.6) is 11.5 Å². The lowest BCUT2D eigenvalue weighted by atomic mass is 10.3. The Morgan fingerprint density at radius 3 is 2.62 bits per heavy atom. The van der Waals surface area contributed by atoms with Crippen molar-refractivity contribution in [3.63, 3.8) is 0 Å². The van der Waals surface area contributed by atoms with Crippen LogP contribution in [0.25, 0.3) is 0 Å². The van der Waals surface area contributed by atoms with Crippen molar-refractivity contribution in [1.29, 1.82) is 5.41 Å². The zero-order chi connectivity index (χ0) is 15.5. The molecule has 1 aromatic carbocycles. The van der Waals surface area contributed by atoms with Crippen LogP contribution in [0, 0.1) is 5.41 Å². The second-order valence-electron chi connectivity index (χ2n) is 4.67. The Hall–Kier alpha value is -1.80. The largest absolute Gasteiger partial charge is 0.486 e. The van der Waals surface area contributed by atoms with Gasteiger partial charge in [0.25, 0.3) is 0 Å². The lowest BCUT2D eigenvalue weighted by molar-refractivity contribution is 0.171. The average Bonchev–Trinajstić information content (AvgIpc) is 2.46. The molecule has 0 unspecified atom stereocenters. The van der Waals surface area contributed by atoms with E-state index in [1.165, 1.54) is 16.4 Å². The van der Waals surface area contributed by atoms with Crippen LogP contribution >= 0.6 is 0 Å². The summed E-state index contributed by atoms with van der Waals surface area (Å²) in [6.45, 7) is 2.89. The maximum absolute atomic E-state index is 12.6. The summed E-state index contributed by atoms with van der Waals surface area (Å²) in [4.78, 5) is 0.112. The maximum atomic E-state index is 12.6. The number of amidine groups is 1. The average molecular weight is 313 g/mol. The smallest absolute Gasteiger partial charge is 0.243 e. The molecule has 0 saturated heterocycles. The first-order chi connectivity index (χ1) is 9.95. The van der Waals surface area contributed by atoms with Gasteiger partial charge in [-0.15, -0.1) is 0 Å². The Labute approximate surface area is 124 Å². The predicted molar refractivity (Wildman–Crippen MR) is 78.4 cm³/mol. The van der Waals surface area contributed by atoms with E-state index in [4.69, 9.17) is 20.6 Å². The quantitative estimate of drug-likeness (QED) is 0.597. The molecule has 0 bridgehead atoms. The van der Waals surface area contributed by atoms with Crippen molar-refractivity contribution in [2.24, 2.45) is 5.73 Å². The highest BCUT2D eigenvalue weighted by molar-refractivity contribution is 7.89. The standard InChI is InChI=1S/C13H19N3O4S/c1-2-5-16(9-13(14)15)21(17,18)10-3-4-11-12(8-10)20-7-6-19-11/h3-4,8H,2,5-7,9H2,1H3,(H3,14,15). The molecule has 21 heavy (non-hydrogen) atoms. The molecule has 0 spiro atoms. The Bertz CT molecular complexity index is 630. The van der Waals surface area contributed by atoms with Gasteiger partial charge in [0.2, 0.25) is 10.0 Å². The van der Waals surface area contributed by atoms with Crippen molar-refractivity contribution in [3.8, 4) is 11.5 Å². The van der Waals surface area contributed by atoms with Gasteiger partial charge >= 0.3 is 0 Å². The van der Waals surface area contributed by atoms with Crippen molar-refractivity contribution in [3.05, 3.63) is 18.2 Å². The van der Waals surface area contributed by atoms with Gasteiger partial charge in [0.1, 0.15) is 19.0 Å². The van der Waals surface area contributed by atoms with Gasteiger partial charge in [-0.25, -0.2) is 8.42 Å². The second kappa shape index (κ2) is 6.31. The van der Waals surface area contributed by atoms with E-state index in [1.54, 1.807) is 6.07 Å². The molecule has 0 aromatic heterocycles. The summed E-state index contributed by atoms with van der Waals surface area (Å²) < 4.78 is 37.2. The fourth-order valence-corrected chi connectivity index (χ4v) is 3.58. The Morgan fingerprint density at radius 2 is 2.00 bits per heavy atom. The molecular formula is C13H19N3O4S. The highest BCUT2D eigenvalue weighted by Crippen LogP contribution is 2.33. The SMILES string of the molecule is CCCN(CC(=N)N)S(=O)(=O)c1ccc2c(c1)OCCO2. The first-order valence-corrected chi connectivity index (χ1v) is 8.12. The Kier molecular flexibility index (Phi) is 4.69. The van der Waals surface area contributed by atoms with Gasteiger partial charge in [-0.2, -0.15) is 4.31 Å². The van der Waals surface area contributed by atoms with E-state index in [2.05, 4.69) is 0 Å². The summed E-state index contributed by atoms with van der Waals surface area (Å²) in [5, 5.41) is 7.32. The number of hydrogen-bond donors (Lipinski definition) is 2. The summed E-state index contributed by atoms with van der Waals surface area (Å²) in [6.07, 6.45) is 0.636. The van der Waals surface area contributed by atoms with E-state index in [0.29, 0.717) is 37.7 Å². The number of fused-ring (bicyclic) bond motifs is 1. The molecule has 3 N–H and O–H groups in total. The molecule has 0 saturated carbocycles. The third-order valence-electron chi connectivity index (χ3n) is 2.97. The molecule has 1 aliphatic heterocycles. The summed E-state index contributed by atoms with van der Waals surface area (Å²) in [7, 11) is -3.71. The van der Waals surface area contributed by atoms with Crippen molar-refractivity contribution in [2.75, 3.05) is 26.3 Å². The van der Waals surface area contributed by atoms with E-state index in [9.17, 15) is 8.42 Å². The topological polar surface area (TPSA) is 106 Å². The zero-order valence-corrected chi connectivity index (χ0v) is 12.6. The zero-order valence-electron chi connectivity index (χ0n) is 11.8. The first-order valence-electron chi connectivity index (χ1n) is 6.68. The molecule has 0 fully saturated rings. The fraction of sp³-hybridized carbons (Fsp3) is 0.462. The summed E-state index contributed by atoms with van der Waals surface area (Å²) >= 11 is 0. The Balaban J connectivity index is 2.34. The molecule has 0 aliphatic carbocycles. The number of nitrogens with two attached hydrogens (primary N) is 1. The monoisotopic (exact) mass is 313 g/mol. The lowest BCUT2D eigenvalue weighted by Gasteiger charge is -2.23. The van der Waals surface area contributed by atoms with Crippen molar-refractivity contribution < 1.29 is 17.9 Å². The molecule has 0 radical (unpaired) electrons. The molecule has 0 atom stereocenters. The number of ether oxygens (including phenoxy) is 2. The fourth-order valence-electron chi connectivity index (χ4n) is 2.06. The normalized spacial score (nSPS) is 14.2.